The van der Waals surface area contributed by atoms with Crippen molar-refractivity contribution in [3.05, 3.63) is 48.6 Å². The number of aliphatic hydroxyl groups excluding tert-OH is 1. The average Bonchev–Trinajstić information content (AvgIpc) is 2.70. The van der Waals surface area contributed by atoms with Crippen molar-refractivity contribution < 1.29 is 24.2 Å². The van der Waals surface area contributed by atoms with Gasteiger partial charge in [-0.15, -0.1) is 0 Å². The molecule has 0 aliphatic rings. The number of hydrogen-bond donors (Lipinski definition) is 1. The molecule has 30 heavy (non-hydrogen) atoms. The minimum absolute atomic E-state index is 0.183. The van der Waals surface area contributed by atoms with Gasteiger partial charge in [-0.05, 0) is 52.4 Å². The van der Waals surface area contributed by atoms with Gasteiger partial charge in [-0.3, -0.25) is 4.79 Å². The van der Waals surface area contributed by atoms with Crippen LogP contribution in [0.25, 0.3) is 0 Å². The lowest BCUT2D eigenvalue weighted by Gasteiger charge is -2.20. The zero-order chi connectivity index (χ0) is 22.6. The van der Waals surface area contributed by atoms with Gasteiger partial charge in [0.1, 0.15) is 6.10 Å². The fourth-order valence-corrected chi connectivity index (χ4v) is 2.50. The standard InChI is InChI=1S/C25H40O5/c1-5-6-7-8-9-10-11-12-13-14-15-16-17-18-19-20-23(27)29-25(22(4)26)30-24(28)21(2)3/h6-7,9-10,12-13,22,25-26H,2,5,8,11,14-20H2,1,3-4H3. The van der Waals surface area contributed by atoms with Crippen molar-refractivity contribution in [2.45, 2.75) is 97.4 Å². The first-order valence-corrected chi connectivity index (χ1v) is 11.1. The quantitative estimate of drug-likeness (QED) is 0.104. The van der Waals surface area contributed by atoms with Crippen LogP contribution >= 0.6 is 0 Å². The van der Waals surface area contributed by atoms with E-state index >= 15 is 0 Å². The maximum Gasteiger partial charge on any atom is 0.336 e. The van der Waals surface area contributed by atoms with Gasteiger partial charge in [0.05, 0.1) is 0 Å². The molecule has 0 aromatic rings. The normalized spacial score (nSPS) is 13.7. The van der Waals surface area contributed by atoms with E-state index in [2.05, 4.69) is 50.0 Å². The van der Waals surface area contributed by atoms with Crippen molar-refractivity contribution in [3.8, 4) is 0 Å². The molecule has 170 valence electrons. The Kier molecular flexibility index (Phi) is 17.5. The zero-order valence-electron chi connectivity index (χ0n) is 19.0. The molecule has 0 fully saturated rings. The number of unbranched alkanes of at least 4 members (excludes halogenated alkanes) is 5. The van der Waals surface area contributed by atoms with Gasteiger partial charge in [0.2, 0.25) is 0 Å². The average molecular weight is 421 g/mol. The third kappa shape index (κ3) is 16.8. The van der Waals surface area contributed by atoms with Gasteiger partial charge in [0.25, 0.3) is 6.29 Å². The second-order valence-corrected chi connectivity index (χ2v) is 7.38. The Bertz CT molecular complexity index is 572. The highest BCUT2D eigenvalue weighted by molar-refractivity contribution is 5.87. The first-order chi connectivity index (χ1) is 14.4. The topological polar surface area (TPSA) is 72.8 Å². The Morgan fingerprint density at radius 2 is 1.47 bits per heavy atom. The van der Waals surface area contributed by atoms with Gasteiger partial charge in [-0.1, -0.05) is 69.2 Å². The van der Waals surface area contributed by atoms with Gasteiger partial charge in [0.15, 0.2) is 0 Å². The van der Waals surface area contributed by atoms with Gasteiger partial charge >= 0.3 is 11.9 Å². The molecule has 0 spiro atoms. The van der Waals surface area contributed by atoms with Crippen LogP contribution in [-0.2, 0) is 19.1 Å². The number of rotatable bonds is 17. The summed E-state index contributed by atoms with van der Waals surface area (Å²) in [5, 5.41) is 9.60. The van der Waals surface area contributed by atoms with Crippen LogP contribution in [0.2, 0.25) is 0 Å². The number of allylic oxidation sites excluding steroid dienone is 6. The molecule has 0 aliphatic heterocycles. The molecule has 0 saturated carbocycles. The third-order valence-corrected chi connectivity index (χ3v) is 4.24. The number of carbonyl (C=O) groups excluding carboxylic acids is 2. The molecule has 0 saturated heterocycles. The largest absolute Gasteiger partial charge is 0.422 e. The molecule has 2 unspecified atom stereocenters. The molecule has 5 nitrogen and oxygen atoms in total. The van der Waals surface area contributed by atoms with Crippen molar-refractivity contribution in [3.63, 3.8) is 0 Å². The van der Waals surface area contributed by atoms with Crippen LogP contribution in [0, 0.1) is 0 Å². The van der Waals surface area contributed by atoms with Crippen LogP contribution in [0.1, 0.15) is 85.0 Å². The SMILES string of the molecule is C=C(C)C(=O)OC(OC(=O)CCCCCCCC=CCC=CCC=CCC)C(C)O. The summed E-state index contributed by atoms with van der Waals surface area (Å²) < 4.78 is 9.99. The van der Waals surface area contributed by atoms with Crippen LogP contribution in [0.4, 0.5) is 0 Å². The third-order valence-electron chi connectivity index (χ3n) is 4.24. The predicted molar refractivity (Wildman–Crippen MR) is 122 cm³/mol. The van der Waals surface area contributed by atoms with Crippen molar-refractivity contribution >= 4 is 11.9 Å². The summed E-state index contributed by atoms with van der Waals surface area (Å²) in [5.41, 5.74) is 0.183. The lowest BCUT2D eigenvalue weighted by atomic mass is 10.1. The van der Waals surface area contributed by atoms with E-state index in [4.69, 9.17) is 9.47 Å². The number of hydrogen-bond acceptors (Lipinski definition) is 5. The van der Waals surface area contributed by atoms with Gasteiger partial charge < -0.3 is 14.6 Å². The van der Waals surface area contributed by atoms with Gasteiger partial charge in [-0.2, -0.15) is 0 Å². The maximum atomic E-state index is 11.9. The van der Waals surface area contributed by atoms with E-state index in [1.165, 1.54) is 13.8 Å². The molecule has 5 heteroatoms. The maximum absolute atomic E-state index is 11.9. The second-order valence-electron chi connectivity index (χ2n) is 7.38. The molecule has 1 N–H and O–H groups in total. The van der Waals surface area contributed by atoms with Crippen LogP contribution in [-0.4, -0.2) is 29.4 Å². The zero-order valence-corrected chi connectivity index (χ0v) is 19.0. The summed E-state index contributed by atoms with van der Waals surface area (Å²) in [5.74, 6) is -1.17. The minimum atomic E-state index is -1.30. The Labute approximate surface area is 182 Å². The summed E-state index contributed by atoms with van der Waals surface area (Å²) >= 11 is 0. The Hall–Kier alpha value is -2.14. The first kappa shape index (κ1) is 27.9. The first-order valence-electron chi connectivity index (χ1n) is 11.1. The van der Waals surface area contributed by atoms with Crippen LogP contribution < -0.4 is 0 Å². The summed E-state index contributed by atoms with van der Waals surface area (Å²) in [6.45, 7) is 8.49. The van der Waals surface area contributed by atoms with Crippen LogP contribution in [0.5, 0.6) is 0 Å². The molecule has 0 radical (unpaired) electrons. The van der Waals surface area contributed by atoms with Crippen molar-refractivity contribution in [2.24, 2.45) is 0 Å². The van der Waals surface area contributed by atoms with Crippen LogP contribution in [0.15, 0.2) is 48.6 Å². The highest BCUT2D eigenvalue weighted by Gasteiger charge is 2.24. The predicted octanol–water partition coefficient (Wildman–Crippen LogP) is 5.95. The molecular weight excluding hydrogens is 380 g/mol. The Morgan fingerprint density at radius 1 is 0.900 bits per heavy atom. The van der Waals surface area contributed by atoms with Crippen molar-refractivity contribution in [2.75, 3.05) is 0 Å². The monoisotopic (exact) mass is 420 g/mol. The number of carbonyl (C=O) groups is 2. The summed E-state index contributed by atoms with van der Waals surface area (Å²) in [6, 6.07) is 0. The highest BCUT2D eigenvalue weighted by Crippen LogP contribution is 2.11. The van der Waals surface area contributed by atoms with E-state index in [0.29, 0.717) is 6.42 Å². The minimum Gasteiger partial charge on any atom is -0.422 e. The molecule has 0 aliphatic carbocycles. The lowest BCUT2D eigenvalue weighted by Crippen LogP contribution is -2.34. The van der Waals surface area contributed by atoms with E-state index in [0.717, 1.165) is 51.4 Å². The highest BCUT2D eigenvalue weighted by atomic mass is 16.7. The molecule has 2 atom stereocenters. The smallest absolute Gasteiger partial charge is 0.336 e. The Morgan fingerprint density at radius 3 is 2.07 bits per heavy atom. The lowest BCUT2D eigenvalue weighted by molar-refractivity contribution is -0.202. The molecule has 0 aromatic heterocycles. The van der Waals surface area contributed by atoms with E-state index < -0.39 is 24.3 Å². The van der Waals surface area contributed by atoms with E-state index in [9.17, 15) is 14.7 Å². The van der Waals surface area contributed by atoms with Gasteiger partial charge in [0, 0.05) is 12.0 Å². The summed E-state index contributed by atoms with van der Waals surface area (Å²) in [4.78, 5) is 23.4. The van der Waals surface area contributed by atoms with E-state index in [1.54, 1.807) is 0 Å². The number of aliphatic hydroxyl groups is 1. The van der Waals surface area contributed by atoms with Gasteiger partial charge in [-0.25, -0.2) is 4.79 Å². The van der Waals surface area contributed by atoms with Crippen LogP contribution in [0.3, 0.4) is 0 Å². The second kappa shape index (κ2) is 18.9. The van der Waals surface area contributed by atoms with Crippen molar-refractivity contribution in [1.82, 2.24) is 0 Å². The van der Waals surface area contributed by atoms with E-state index in [1.807, 2.05) is 0 Å². The number of ether oxygens (including phenoxy) is 2. The molecule has 0 heterocycles. The summed E-state index contributed by atoms with van der Waals surface area (Å²) in [6.07, 6.45) is 20.2. The Balaban J connectivity index is 3.74. The number of esters is 2. The molecule has 0 aromatic carbocycles. The van der Waals surface area contributed by atoms with E-state index in [-0.39, 0.29) is 12.0 Å². The van der Waals surface area contributed by atoms with Crippen molar-refractivity contribution in [1.29, 1.82) is 0 Å². The molecule has 0 rings (SSSR count). The molecule has 0 amide bonds. The summed E-state index contributed by atoms with van der Waals surface area (Å²) in [7, 11) is 0. The fourth-order valence-electron chi connectivity index (χ4n) is 2.50. The molecule has 0 bridgehead atoms. The fraction of sp³-hybridized carbons (Fsp3) is 0.600. The molecular formula is C25H40O5.